The van der Waals surface area contributed by atoms with Crippen LogP contribution in [0.15, 0.2) is 18.2 Å². The van der Waals surface area contributed by atoms with Crippen LogP contribution in [0.4, 0.5) is 4.39 Å². The number of rotatable bonds is 4. The molecule has 1 aromatic rings. The average Bonchev–Trinajstić information content (AvgIpc) is 2.26. The zero-order valence-electron chi connectivity index (χ0n) is 9.46. The van der Waals surface area contributed by atoms with E-state index >= 15 is 0 Å². The summed E-state index contributed by atoms with van der Waals surface area (Å²) in [6.45, 7) is 4.14. The molecular formula is C12H18FNO. The SMILES string of the molecule is CCC(C)C(N)c1ccc(OC)c(F)c1. The Morgan fingerprint density at radius 2 is 2.13 bits per heavy atom. The Hall–Kier alpha value is -1.09. The summed E-state index contributed by atoms with van der Waals surface area (Å²) < 4.78 is 18.2. The lowest BCUT2D eigenvalue weighted by molar-refractivity contribution is 0.384. The predicted octanol–water partition coefficient (Wildman–Crippen LogP) is 2.88. The zero-order chi connectivity index (χ0) is 11.4. The number of nitrogens with two attached hydrogens (primary N) is 1. The molecule has 2 N–H and O–H groups in total. The Labute approximate surface area is 90.2 Å². The van der Waals surface area contributed by atoms with Gasteiger partial charge in [0, 0.05) is 6.04 Å². The van der Waals surface area contributed by atoms with Crippen LogP contribution in [0.3, 0.4) is 0 Å². The fourth-order valence-electron chi connectivity index (χ4n) is 1.47. The molecule has 2 nitrogen and oxygen atoms in total. The largest absolute Gasteiger partial charge is 0.494 e. The second kappa shape index (κ2) is 5.12. The van der Waals surface area contributed by atoms with E-state index in [2.05, 4.69) is 13.8 Å². The molecule has 1 aromatic carbocycles. The number of halogens is 1. The highest BCUT2D eigenvalue weighted by Crippen LogP contribution is 2.25. The quantitative estimate of drug-likeness (QED) is 0.831. The summed E-state index contributed by atoms with van der Waals surface area (Å²) in [5, 5.41) is 0. The van der Waals surface area contributed by atoms with Gasteiger partial charge in [0.2, 0.25) is 0 Å². The molecule has 3 heteroatoms. The first-order chi connectivity index (χ1) is 7.10. The Kier molecular flexibility index (Phi) is 4.09. The molecule has 0 saturated heterocycles. The van der Waals surface area contributed by atoms with Crippen LogP contribution in [0.25, 0.3) is 0 Å². The highest BCUT2D eigenvalue weighted by atomic mass is 19.1. The number of hydrogen-bond acceptors (Lipinski definition) is 2. The van der Waals surface area contributed by atoms with Crippen LogP contribution in [0.5, 0.6) is 5.75 Å². The molecule has 0 aliphatic heterocycles. The summed E-state index contributed by atoms with van der Waals surface area (Å²) in [5.74, 6) is 0.252. The minimum absolute atomic E-state index is 0.115. The van der Waals surface area contributed by atoms with Gasteiger partial charge in [-0.05, 0) is 23.6 Å². The molecule has 2 unspecified atom stereocenters. The standard InChI is InChI=1S/C12H18FNO/c1-4-8(2)12(14)9-5-6-11(15-3)10(13)7-9/h5-8,12H,4,14H2,1-3H3. The van der Waals surface area contributed by atoms with Gasteiger partial charge in [-0.15, -0.1) is 0 Å². The summed E-state index contributed by atoms with van der Waals surface area (Å²) in [7, 11) is 1.45. The molecule has 0 radical (unpaired) electrons. The monoisotopic (exact) mass is 211 g/mol. The first kappa shape index (κ1) is 12.0. The Balaban J connectivity index is 2.92. The van der Waals surface area contributed by atoms with E-state index in [1.807, 2.05) is 6.07 Å². The van der Waals surface area contributed by atoms with Crippen molar-refractivity contribution in [3.8, 4) is 5.75 Å². The summed E-state index contributed by atoms with van der Waals surface area (Å²) in [4.78, 5) is 0. The first-order valence-electron chi connectivity index (χ1n) is 5.19. The second-order valence-electron chi connectivity index (χ2n) is 3.81. The first-order valence-corrected chi connectivity index (χ1v) is 5.19. The molecule has 0 aliphatic rings. The molecule has 0 fully saturated rings. The Bertz CT molecular complexity index is 327. The Morgan fingerprint density at radius 3 is 2.60 bits per heavy atom. The van der Waals surface area contributed by atoms with E-state index in [-0.39, 0.29) is 17.6 Å². The number of methoxy groups -OCH3 is 1. The summed E-state index contributed by atoms with van der Waals surface area (Å²) in [6.07, 6.45) is 0.981. The van der Waals surface area contributed by atoms with E-state index in [1.165, 1.54) is 13.2 Å². The molecule has 0 heterocycles. The highest BCUT2D eigenvalue weighted by Gasteiger charge is 2.14. The van der Waals surface area contributed by atoms with Gasteiger partial charge >= 0.3 is 0 Å². The minimum Gasteiger partial charge on any atom is -0.494 e. The third-order valence-electron chi connectivity index (χ3n) is 2.82. The van der Waals surface area contributed by atoms with Crippen molar-refractivity contribution in [2.24, 2.45) is 11.7 Å². The third-order valence-corrected chi connectivity index (χ3v) is 2.82. The van der Waals surface area contributed by atoms with E-state index in [0.717, 1.165) is 12.0 Å². The van der Waals surface area contributed by atoms with Crippen LogP contribution in [0, 0.1) is 11.7 Å². The molecular weight excluding hydrogens is 193 g/mol. The molecule has 2 atom stereocenters. The van der Waals surface area contributed by atoms with Gasteiger partial charge in [-0.1, -0.05) is 26.3 Å². The van der Waals surface area contributed by atoms with Gasteiger partial charge in [0.15, 0.2) is 11.6 Å². The molecule has 0 bridgehead atoms. The topological polar surface area (TPSA) is 35.2 Å². The summed E-state index contributed by atoms with van der Waals surface area (Å²) >= 11 is 0. The van der Waals surface area contributed by atoms with E-state index < -0.39 is 0 Å². The third kappa shape index (κ3) is 2.69. The number of ether oxygens (including phenoxy) is 1. The molecule has 0 aromatic heterocycles. The fraction of sp³-hybridized carbons (Fsp3) is 0.500. The lowest BCUT2D eigenvalue weighted by Crippen LogP contribution is -2.18. The van der Waals surface area contributed by atoms with Crippen molar-refractivity contribution in [1.29, 1.82) is 0 Å². The van der Waals surface area contributed by atoms with Crippen LogP contribution in [0.1, 0.15) is 31.9 Å². The lowest BCUT2D eigenvalue weighted by Gasteiger charge is -2.19. The van der Waals surface area contributed by atoms with E-state index in [9.17, 15) is 4.39 Å². The molecule has 84 valence electrons. The summed E-state index contributed by atoms with van der Waals surface area (Å²) in [6, 6.07) is 4.77. The number of benzene rings is 1. The normalized spacial score (nSPS) is 14.7. The maximum absolute atomic E-state index is 13.4. The molecule has 1 rings (SSSR count). The predicted molar refractivity (Wildman–Crippen MR) is 59.3 cm³/mol. The van der Waals surface area contributed by atoms with E-state index in [1.54, 1.807) is 6.07 Å². The minimum atomic E-state index is -0.353. The zero-order valence-corrected chi connectivity index (χ0v) is 9.46. The average molecular weight is 211 g/mol. The van der Waals surface area contributed by atoms with Gasteiger partial charge in [0.25, 0.3) is 0 Å². The van der Waals surface area contributed by atoms with Gasteiger partial charge in [0.05, 0.1) is 7.11 Å². The lowest BCUT2D eigenvalue weighted by atomic mass is 9.93. The summed E-state index contributed by atoms with van der Waals surface area (Å²) in [5.41, 5.74) is 6.82. The molecule has 15 heavy (non-hydrogen) atoms. The van der Waals surface area contributed by atoms with Crippen molar-refractivity contribution in [2.75, 3.05) is 7.11 Å². The van der Waals surface area contributed by atoms with Crippen molar-refractivity contribution in [1.82, 2.24) is 0 Å². The van der Waals surface area contributed by atoms with Crippen LogP contribution in [-0.2, 0) is 0 Å². The van der Waals surface area contributed by atoms with Crippen LogP contribution in [0.2, 0.25) is 0 Å². The molecule has 0 saturated carbocycles. The highest BCUT2D eigenvalue weighted by molar-refractivity contribution is 5.31. The van der Waals surface area contributed by atoms with Gasteiger partial charge in [-0.25, -0.2) is 4.39 Å². The van der Waals surface area contributed by atoms with Gasteiger partial charge in [-0.2, -0.15) is 0 Å². The van der Waals surface area contributed by atoms with E-state index in [4.69, 9.17) is 10.5 Å². The van der Waals surface area contributed by atoms with Crippen molar-refractivity contribution < 1.29 is 9.13 Å². The van der Waals surface area contributed by atoms with Gasteiger partial charge < -0.3 is 10.5 Å². The van der Waals surface area contributed by atoms with Gasteiger partial charge in [0.1, 0.15) is 0 Å². The fourth-order valence-corrected chi connectivity index (χ4v) is 1.47. The molecule has 0 aliphatic carbocycles. The van der Waals surface area contributed by atoms with E-state index in [0.29, 0.717) is 5.92 Å². The van der Waals surface area contributed by atoms with Crippen LogP contribution in [-0.4, -0.2) is 7.11 Å². The van der Waals surface area contributed by atoms with Crippen LogP contribution >= 0.6 is 0 Å². The maximum atomic E-state index is 13.4. The van der Waals surface area contributed by atoms with Gasteiger partial charge in [-0.3, -0.25) is 0 Å². The molecule has 0 spiro atoms. The Morgan fingerprint density at radius 1 is 1.47 bits per heavy atom. The molecule has 0 amide bonds. The van der Waals surface area contributed by atoms with Crippen LogP contribution < -0.4 is 10.5 Å². The van der Waals surface area contributed by atoms with Crippen molar-refractivity contribution >= 4 is 0 Å². The van der Waals surface area contributed by atoms with Crippen molar-refractivity contribution in [2.45, 2.75) is 26.3 Å². The smallest absolute Gasteiger partial charge is 0.165 e. The van der Waals surface area contributed by atoms with Crippen molar-refractivity contribution in [3.05, 3.63) is 29.6 Å². The van der Waals surface area contributed by atoms with Crippen molar-refractivity contribution in [3.63, 3.8) is 0 Å². The number of hydrogen-bond donors (Lipinski definition) is 1. The second-order valence-corrected chi connectivity index (χ2v) is 3.81. The maximum Gasteiger partial charge on any atom is 0.165 e.